The van der Waals surface area contributed by atoms with Crippen LogP contribution in [0.3, 0.4) is 0 Å². The minimum atomic E-state index is -1.12. The molecule has 9 nitrogen and oxygen atoms in total. The highest BCUT2D eigenvalue weighted by Gasteiger charge is 2.43. The molecule has 0 saturated heterocycles. The predicted octanol–water partition coefficient (Wildman–Crippen LogP) is 6.04. The lowest BCUT2D eigenvalue weighted by molar-refractivity contribution is -0.159. The highest BCUT2D eigenvalue weighted by molar-refractivity contribution is 5.94. The first-order valence-electron chi connectivity index (χ1n) is 15.2. The molecule has 3 unspecified atom stereocenters. The Labute approximate surface area is 263 Å². The standard InChI is InChI=1S/C35H51N3O6/c1-12-35(10,11)38(30(40)24(3)36-32(42)44-34(7,8)9)28(26-20-16-17-23(2)21-26)29(39)37-27(31(41)43-33(4,5)6)22-25-18-14-13-15-19-25/h13-21,24,27-28H,12,22H2,1-11H3,(H,36,42)(H,37,39). The average Bonchev–Trinajstić information content (AvgIpc) is 2.89. The molecule has 0 aliphatic heterocycles. The third kappa shape index (κ3) is 11.0. The Morgan fingerprint density at radius 1 is 0.818 bits per heavy atom. The quantitative estimate of drug-likeness (QED) is 0.301. The smallest absolute Gasteiger partial charge is 0.408 e. The molecule has 0 saturated carbocycles. The maximum Gasteiger partial charge on any atom is 0.408 e. The van der Waals surface area contributed by atoms with E-state index in [1.54, 1.807) is 54.5 Å². The van der Waals surface area contributed by atoms with Gasteiger partial charge in [0.05, 0.1) is 0 Å². The van der Waals surface area contributed by atoms with Crippen molar-refractivity contribution in [3.63, 3.8) is 0 Å². The van der Waals surface area contributed by atoms with Crippen LogP contribution in [0, 0.1) is 6.92 Å². The van der Waals surface area contributed by atoms with Gasteiger partial charge in [0.2, 0.25) is 11.8 Å². The molecule has 3 atom stereocenters. The predicted molar refractivity (Wildman–Crippen MR) is 172 cm³/mol. The number of hydrogen-bond donors (Lipinski definition) is 2. The largest absolute Gasteiger partial charge is 0.458 e. The second kappa shape index (κ2) is 14.7. The molecule has 0 aliphatic rings. The first kappa shape index (κ1) is 36.3. The van der Waals surface area contributed by atoms with E-state index in [1.807, 2.05) is 76.2 Å². The maximum absolute atomic E-state index is 14.4. The zero-order chi connectivity index (χ0) is 33.5. The van der Waals surface area contributed by atoms with E-state index in [0.29, 0.717) is 12.0 Å². The third-order valence-corrected chi connectivity index (χ3v) is 7.01. The van der Waals surface area contributed by atoms with Crippen LogP contribution in [0.2, 0.25) is 0 Å². The maximum atomic E-state index is 14.4. The summed E-state index contributed by atoms with van der Waals surface area (Å²) in [4.78, 5) is 56.2. The lowest BCUT2D eigenvalue weighted by Crippen LogP contribution is -2.59. The first-order valence-corrected chi connectivity index (χ1v) is 15.2. The number of alkyl carbamates (subject to hydrolysis) is 1. The third-order valence-electron chi connectivity index (χ3n) is 7.01. The van der Waals surface area contributed by atoms with Gasteiger partial charge in [-0.3, -0.25) is 9.59 Å². The number of aryl methyl sites for hydroxylation is 1. The number of carbonyl (C=O) groups excluding carboxylic acids is 4. The number of nitrogens with zero attached hydrogens (tertiary/aromatic N) is 1. The van der Waals surface area contributed by atoms with Crippen LogP contribution in [-0.2, 0) is 30.3 Å². The molecule has 2 aromatic rings. The second-order valence-electron chi connectivity index (χ2n) is 13.8. The van der Waals surface area contributed by atoms with Crippen molar-refractivity contribution in [2.75, 3.05) is 0 Å². The molecule has 0 fully saturated rings. The Hall–Kier alpha value is -3.88. The van der Waals surface area contributed by atoms with E-state index in [-0.39, 0.29) is 6.42 Å². The summed E-state index contributed by atoms with van der Waals surface area (Å²) < 4.78 is 11.1. The van der Waals surface area contributed by atoms with Crippen molar-refractivity contribution >= 4 is 23.9 Å². The van der Waals surface area contributed by atoms with Crippen molar-refractivity contribution in [3.05, 3.63) is 71.3 Å². The van der Waals surface area contributed by atoms with Gasteiger partial charge in [-0.1, -0.05) is 67.1 Å². The van der Waals surface area contributed by atoms with Crippen molar-refractivity contribution in [1.82, 2.24) is 15.5 Å². The molecule has 0 aliphatic carbocycles. The molecular formula is C35H51N3O6. The Morgan fingerprint density at radius 2 is 1.41 bits per heavy atom. The lowest BCUT2D eigenvalue weighted by Gasteiger charge is -2.44. The summed E-state index contributed by atoms with van der Waals surface area (Å²) in [5, 5.41) is 5.56. The molecular weight excluding hydrogens is 558 g/mol. The van der Waals surface area contributed by atoms with Gasteiger partial charge in [-0.15, -0.1) is 0 Å². The first-order chi connectivity index (χ1) is 20.2. The van der Waals surface area contributed by atoms with Gasteiger partial charge in [0.1, 0.15) is 29.3 Å². The normalized spacial score (nSPS) is 14.1. The lowest BCUT2D eigenvalue weighted by atomic mass is 9.91. The topological polar surface area (TPSA) is 114 Å². The summed E-state index contributed by atoms with van der Waals surface area (Å²) in [6.07, 6.45) is -0.0338. The van der Waals surface area contributed by atoms with E-state index >= 15 is 0 Å². The van der Waals surface area contributed by atoms with E-state index in [9.17, 15) is 19.2 Å². The number of ether oxygens (including phenoxy) is 2. The molecule has 2 aromatic carbocycles. The van der Waals surface area contributed by atoms with Crippen LogP contribution >= 0.6 is 0 Å². The number of nitrogens with one attached hydrogen (secondary N) is 2. The fraction of sp³-hybridized carbons (Fsp3) is 0.543. The summed E-state index contributed by atoms with van der Waals surface area (Å²) in [6, 6.07) is 13.6. The van der Waals surface area contributed by atoms with Crippen molar-refractivity contribution in [2.45, 2.75) is 124 Å². The minimum absolute atomic E-state index is 0.198. The van der Waals surface area contributed by atoms with Gasteiger partial charge in [-0.05, 0) is 86.8 Å². The highest BCUT2D eigenvalue weighted by atomic mass is 16.6. The molecule has 0 spiro atoms. The van der Waals surface area contributed by atoms with Crippen LogP contribution in [0.1, 0.15) is 98.4 Å². The van der Waals surface area contributed by atoms with Gasteiger partial charge in [-0.25, -0.2) is 9.59 Å². The molecule has 0 aromatic heterocycles. The molecule has 3 amide bonds. The van der Waals surface area contributed by atoms with Crippen LogP contribution < -0.4 is 10.6 Å². The van der Waals surface area contributed by atoms with Crippen molar-refractivity contribution in [2.24, 2.45) is 0 Å². The average molecular weight is 610 g/mol. The molecule has 9 heteroatoms. The van der Waals surface area contributed by atoms with E-state index in [4.69, 9.17) is 9.47 Å². The summed E-state index contributed by atoms with van der Waals surface area (Å²) in [5.41, 5.74) is -0.0451. The number of rotatable bonds is 11. The number of carbonyl (C=O) groups is 4. The Morgan fingerprint density at radius 3 is 1.93 bits per heavy atom. The van der Waals surface area contributed by atoms with Crippen LogP contribution in [0.15, 0.2) is 54.6 Å². The molecule has 0 radical (unpaired) electrons. The van der Waals surface area contributed by atoms with Gasteiger partial charge in [0.15, 0.2) is 0 Å². The zero-order valence-corrected chi connectivity index (χ0v) is 28.2. The number of benzene rings is 2. The van der Waals surface area contributed by atoms with Gasteiger partial charge < -0.3 is 25.0 Å². The van der Waals surface area contributed by atoms with E-state index in [1.165, 1.54) is 4.90 Å². The SMILES string of the molecule is CCC(C)(C)N(C(=O)C(C)NC(=O)OC(C)(C)C)C(C(=O)NC(Cc1ccccc1)C(=O)OC(C)(C)C)c1cccc(C)c1. The minimum Gasteiger partial charge on any atom is -0.458 e. The fourth-order valence-electron chi connectivity index (χ4n) is 4.62. The number of hydrogen-bond acceptors (Lipinski definition) is 6. The zero-order valence-electron chi connectivity index (χ0n) is 28.2. The van der Waals surface area contributed by atoms with Gasteiger partial charge in [0, 0.05) is 12.0 Å². The number of esters is 1. The van der Waals surface area contributed by atoms with E-state index in [2.05, 4.69) is 10.6 Å². The Bertz CT molecular complexity index is 1290. The highest BCUT2D eigenvalue weighted by Crippen LogP contribution is 2.33. The second-order valence-corrected chi connectivity index (χ2v) is 13.8. The Kier molecular flexibility index (Phi) is 12.2. The van der Waals surface area contributed by atoms with Gasteiger partial charge in [0.25, 0.3) is 0 Å². The molecule has 44 heavy (non-hydrogen) atoms. The molecule has 242 valence electrons. The van der Waals surface area contributed by atoms with Gasteiger partial charge >= 0.3 is 12.1 Å². The van der Waals surface area contributed by atoms with Crippen molar-refractivity contribution in [1.29, 1.82) is 0 Å². The van der Waals surface area contributed by atoms with E-state index in [0.717, 1.165) is 11.1 Å². The molecule has 2 N–H and O–H groups in total. The summed E-state index contributed by atoms with van der Waals surface area (Å²) >= 11 is 0. The molecule has 2 rings (SSSR count). The van der Waals surface area contributed by atoms with Crippen molar-refractivity contribution in [3.8, 4) is 0 Å². The van der Waals surface area contributed by atoms with Crippen LogP contribution in [0.5, 0.6) is 0 Å². The monoisotopic (exact) mass is 609 g/mol. The van der Waals surface area contributed by atoms with Crippen molar-refractivity contribution < 1.29 is 28.7 Å². The van der Waals surface area contributed by atoms with E-state index < -0.39 is 58.7 Å². The van der Waals surface area contributed by atoms with Gasteiger partial charge in [-0.2, -0.15) is 0 Å². The molecule has 0 bridgehead atoms. The van der Waals surface area contributed by atoms with Crippen LogP contribution in [0.25, 0.3) is 0 Å². The fourth-order valence-corrected chi connectivity index (χ4v) is 4.62. The summed E-state index contributed by atoms with van der Waals surface area (Å²) in [7, 11) is 0. The summed E-state index contributed by atoms with van der Waals surface area (Å²) in [6.45, 7) is 19.7. The molecule has 0 heterocycles. The van der Waals surface area contributed by atoms with Crippen LogP contribution in [-0.4, -0.2) is 57.6 Å². The van der Waals surface area contributed by atoms with Crippen LogP contribution in [0.4, 0.5) is 4.79 Å². The number of amides is 3. The Balaban J connectivity index is 2.60. The summed E-state index contributed by atoms with van der Waals surface area (Å²) in [5.74, 6) is -1.59.